The molecule has 2 N–H and O–H groups in total. The summed E-state index contributed by atoms with van der Waals surface area (Å²) in [6.45, 7) is 2.80. The number of nitrogens with one attached hydrogen (secondary N) is 1. The van der Waals surface area contributed by atoms with Crippen molar-refractivity contribution < 1.29 is 13.5 Å². The highest BCUT2D eigenvalue weighted by Crippen LogP contribution is 2.17. The van der Waals surface area contributed by atoms with Crippen LogP contribution in [0.15, 0.2) is 23.2 Å². The third-order valence-corrected chi connectivity index (χ3v) is 3.78. The Kier molecular flexibility index (Phi) is 5.55. The Balaban J connectivity index is 2.58. The van der Waals surface area contributed by atoms with Gasteiger partial charge in [0.1, 0.15) is 10.7 Å². The largest absolute Gasteiger partial charge is 0.396 e. The summed E-state index contributed by atoms with van der Waals surface area (Å²) in [5, 5.41) is 11.9. The van der Waals surface area contributed by atoms with Gasteiger partial charge in [-0.2, -0.15) is 0 Å². The minimum atomic E-state index is -3.26. The van der Waals surface area contributed by atoms with Crippen molar-refractivity contribution in [1.29, 1.82) is 0 Å². The van der Waals surface area contributed by atoms with Crippen LogP contribution in [0.2, 0.25) is 0 Å². The second-order valence-corrected chi connectivity index (χ2v) is 6.46. The molecular formula is C12H20N2O3S. The van der Waals surface area contributed by atoms with Crippen LogP contribution in [-0.2, 0) is 9.84 Å². The Bertz CT molecular complexity index is 474. The predicted molar refractivity (Wildman–Crippen MR) is 71.3 cm³/mol. The minimum absolute atomic E-state index is 0.179. The van der Waals surface area contributed by atoms with E-state index in [4.69, 9.17) is 5.11 Å². The Morgan fingerprint density at radius 2 is 2.22 bits per heavy atom. The highest BCUT2D eigenvalue weighted by molar-refractivity contribution is 7.90. The van der Waals surface area contributed by atoms with Gasteiger partial charge >= 0.3 is 0 Å². The van der Waals surface area contributed by atoms with Gasteiger partial charge in [-0.15, -0.1) is 0 Å². The van der Waals surface area contributed by atoms with Crippen molar-refractivity contribution >= 4 is 15.7 Å². The smallest absolute Gasteiger partial charge is 0.179 e. The maximum absolute atomic E-state index is 11.5. The molecule has 0 aliphatic heterocycles. The van der Waals surface area contributed by atoms with Gasteiger partial charge in [0, 0.05) is 25.6 Å². The molecule has 1 unspecified atom stereocenters. The van der Waals surface area contributed by atoms with Crippen LogP contribution in [0.5, 0.6) is 0 Å². The van der Waals surface area contributed by atoms with Gasteiger partial charge in [0.05, 0.1) is 0 Å². The van der Waals surface area contributed by atoms with Crippen molar-refractivity contribution in [3.05, 3.63) is 18.3 Å². The molecule has 0 aromatic carbocycles. The number of hydrogen-bond acceptors (Lipinski definition) is 5. The Morgan fingerprint density at radius 3 is 2.83 bits per heavy atom. The van der Waals surface area contributed by atoms with Crippen molar-refractivity contribution in [2.24, 2.45) is 5.92 Å². The average molecular weight is 272 g/mol. The summed E-state index contributed by atoms with van der Waals surface area (Å²) in [5.74, 6) is 0.668. The second kappa shape index (κ2) is 6.70. The first-order valence-electron chi connectivity index (χ1n) is 5.95. The number of hydrogen-bond donors (Lipinski definition) is 2. The van der Waals surface area contributed by atoms with E-state index in [-0.39, 0.29) is 17.4 Å². The van der Waals surface area contributed by atoms with Gasteiger partial charge in [-0.1, -0.05) is 6.92 Å². The highest BCUT2D eigenvalue weighted by atomic mass is 32.2. The van der Waals surface area contributed by atoms with E-state index in [1.165, 1.54) is 6.26 Å². The lowest BCUT2D eigenvalue weighted by atomic mass is 10.1. The van der Waals surface area contributed by atoms with Crippen LogP contribution < -0.4 is 5.32 Å². The second-order valence-electron chi connectivity index (χ2n) is 4.48. The zero-order chi connectivity index (χ0) is 13.6. The molecule has 0 saturated carbocycles. The van der Waals surface area contributed by atoms with E-state index in [0.717, 1.165) is 12.8 Å². The van der Waals surface area contributed by atoms with Gasteiger partial charge in [0.15, 0.2) is 9.84 Å². The van der Waals surface area contributed by atoms with Crippen LogP contribution in [0.4, 0.5) is 5.82 Å². The molecule has 18 heavy (non-hydrogen) atoms. The van der Waals surface area contributed by atoms with E-state index in [9.17, 15) is 8.42 Å². The fourth-order valence-electron chi connectivity index (χ4n) is 1.57. The predicted octanol–water partition coefficient (Wildman–Crippen LogP) is 1.31. The zero-order valence-corrected chi connectivity index (χ0v) is 11.6. The summed E-state index contributed by atoms with van der Waals surface area (Å²) >= 11 is 0. The number of nitrogens with zero attached hydrogens (tertiary/aromatic N) is 1. The van der Waals surface area contributed by atoms with E-state index in [2.05, 4.69) is 10.3 Å². The number of rotatable bonds is 7. The molecule has 0 aliphatic carbocycles. The molecule has 6 heteroatoms. The summed E-state index contributed by atoms with van der Waals surface area (Å²) in [4.78, 5) is 4.26. The van der Waals surface area contributed by atoms with Gasteiger partial charge in [-0.05, 0) is 30.9 Å². The lowest BCUT2D eigenvalue weighted by molar-refractivity contribution is 0.229. The van der Waals surface area contributed by atoms with E-state index >= 15 is 0 Å². The lowest BCUT2D eigenvalue weighted by Gasteiger charge is -2.11. The molecule has 5 nitrogen and oxygen atoms in total. The number of anilines is 1. The quantitative estimate of drug-likeness (QED) is 0.732. The number of aromatic nitrogens is 1. The van der Waals surface area contributed by atoms with E-state index in [0.29, 0.717) is 12.4 Å². The van der Waals surface area contributed by atoms with Gasteiger partial charge in [0.2, 0.25) is 0 Å². The summed E-state index contributed by atoms with van der Waals surface area (Å²) in [5.41, 5.74) is 0. The van der Waals surface area contributed by atoms with Gasteiger partial charge in [0.25, 0.3) is 0 Å². The number of aliphatic hydroxyl groups excluding tert-OH is 1. The van der Waals surface area contributed by atoms with Crippen molar-refractivity contribution in [2.75, 3.05) is 24.7 Å². The topological polar surface area (TPSA) is 79.3 Å². The minimum Gasteiger partial charge on any atom is -0.396 e. The van der Waals surface area contributed by atoms with E-state index < -0.39 is 9.84 Å². The van der Waals surface area contributed by atoms with Crippen LogP contribution in [0.3, 0.4) is 0 Å². The summed E-state index contributed by atoms with van der Waals surface area (Å²) in [7, 11) is -3.26. The van der Waals surface area contributed by atoms with E-state index in [1.54, 1.807) is 18.3 Å². The molecule has 0 fully saturated rings. The molecule has 1 atom stereocenters. The molecule has 1 heterocycles. The number of aliphatic hydroxyl groups is 1. The standard InChI is InChI=1S/C12H20N2O3S/c1-10(9-15)5-3-7-13-12-11(18(2,16)17)6-4-8-14-12/h4,6,8,10,15H,3,5,7,9H2,1-2H3,(H,13,14). The summed E-state index contributed by atoms with van der Waals surface area (Å²) in [6.07, 6.45) is 4.49. The van der Waals surface area contributed by atoms with Crippen LogP contribution in [-0.4, -0.2) is 37.9 Å². The fourth-order valence-corrected chi connectivity index (χ4v) is 2.37. The highest BCUT2D eigenvalue weighted by Gasteiger charge is 2.13. The van der Waals surface area contributed by atoms with E-state index in [1.807, 2.05) is 6.92 Å². The number of sulfone groups is 1. The maximum Gasteiger partial charge on any atom is 0.179 e. The Hall–Kier alpha value is -1.14. The van der Waals surface area contributed by atoms with Crippen LogP contribution in [0.1, 0.15) is 19.8 Å². The fraction of sp³-hybridized carbons (Fsp3) is 0.583. The zero-order valence-electron chi connectivity index (χ0n) is 10.8. The lowest BCUT2D eigenvalue weighted by Crippen LogP contribution is -2.10. The van der Waals surface area contributed by atoms with Crippen LogP contribution in [0.25, 0.3) is 0 Å². The van der Waals surface area contributed by atoms with Gasteiger partial charge < -0.3 is 10.4 Å². The third-order valence-electron chi connectivity index (χ3n) is 2.65. The Morgan fingerprint density at radius 1 is 1.50 bits per heavy atom. The molecule has 1 aromatic rings. The van der Waals surface area contributed by atoms with Crippen molar-refractivity contribution in [3.63, 3.8) is 0 Å². The molecule has 0 bridgehead atoms. The first kappa shape index (κ1) is 14.9. The monoisotopic (exact) mass is 272 g/mol. The molecule has 1 aromatic heterocycles. The average Bonchev–Trinajstić information content (AvgIpc) is 2.33. The van der Waals surface area contributed by atoms with Crippen molar-refractivity contribution in [1.82, 2.24) is 4.98 Å². The molecule has 102 valence electrons. The first-order valence-corrected chi connectivity index (χ1v) is 7.84. The first-order chi connectivity index (χ1) is 8.45. The summed E-state index contributed by atoms with van der Waals surface area (Å²) in [6, 6.07) is 3.15. The summed E-state index contributed by atoms with van der Waals surface area (Å²) < 4.78 is 23.1. The van der Waals surface area contributed by atoms with Gasteiger partial charge in [-0.3, -0.25) is 0 Å². The maximum atomic E-state index is 11.5. The molecule has 0 spiro atoms. The molecule has 0 radical (unpaired) electrons. The third kappa shape index (κ3) is 4.62. The normalized spacial score (nSPS) is 13.3. The van der Waals surface area contributed by atoms with Crippen LogP contribution in [0, 0.1) is 5.92 Å². The Labute approximate surface area is 108 Å². The molecule has 1 rings (SSSR count). The van der Waals surface area contributed by atoms with Crippen LogP contribution >= 0.6 is 0 Å². The molecular weight excluding hydrogens is 252 g/mol. The van der Waals surface area contributed by atoms with Crippen molar-refractivity contribution in [3.8, 4) is 0 Å². The SMILES string of the molecule is CC(CO)CCCNc1ncccc1S(C)(=O)=O. The molecule has 0 saturated heterocycles. The molecule has 0 aliphatic rings. The van der Waals surface area contributed by atoms with Crippen molar-refractivity contribution in [2.45, 2.75) is 24.7 Å². The van der Waals surface area contributed by atoms with Gasteiger partial charge in [-0.25, -0.2) is 13.4 Å². The molecule has 0 amide bonds. The number of pyridine rings is 1.